The van der Waals surface area contributed by atoms with Gasteiger partial charge in [-0.1, -0.05) is 67.9 Å². The van der Waals surface area contributed by atoms with Gasteiger partial charge in [0.05, 0.1) is 28.0 Å². The minimum absolute atomic E-state index is 0.122. The van der Waals surface area contributed by atoms with E-state index in [-0.39, 0.29) is 12.8 Å². The highest BCUT2D eigenvalue weighted by Gasteiger charge is 2.37. The van der Waals surface area contributed by atoms with Crippen LogP contribution in [0.2, 0.25) is 10.0 Å². The predicted molar refractivity (Wildman–Crippen MR) is 173 cm³/mol. The second-order valence-electron chi connectivity index (χ2n) is 11.4. The Labute approximate surface area is 270 Å². The number of carboxylic acid groups (broad SMARTS) is 1. The SMILES string of the molecule is CCCCCCCC(=O)OC(C(=O)O)N1C(=O)CCc2ccc(OCCCCN3CCN(c4cccc(Cl)c4Cl)CC3)cc21. The van der Waals surface area contributed by atoms with Crippen molar-refractivity contribution in [3.63, 3.8) is 0 Å². The molecule has 0 aromatic heterocycles. The van der Waals surface area contributed by atoms with E-state index in [1.807, 2.05) is 24.3 Å². The number of amides is 1. The number of halogens is 2. The van der Waals surface area contributed by atoms with Crippen LogP contribution in [0.4, 0.5) is 11.4 Å². The van der Waals surface area contributed by atoms with Gasteiger partial charge in [-0.25, -0.2) is 4.79 Å². The molecule has 11 heteroatoms. The van der Waals surface area contributed by atoms with Crippen molar-refractivity contribution in [2.24, 2.45) is 0 Å². The Bertz CT molecular complexity index is 1280. The second kappa shape index (κ2) is 16.9. The number of piperazine rings is 1. The molecule has 1 N–H and O–H groups in total. The number of carbonyl (C=O) groups is 3. The summed E-state index contributed by atoms with van der Waals surface area (Å²) in [6.45, 7) is 7.19. The Kier molecular flexibility index (Phi) is 13.0. The minimum atomic E-state index is -1.71. The Morgan fingerprint density at radius 1 is 0.932 bits per heavy atom. The van der Waals surface area contributed by atoms with E-state index >= 15 is 0 Å². The summed E-state index contributed by atoms with van der Waals surface area (Å²) in [7, 11) is 0. The van der Waals surface area contributed by atoms with Crippen molar-refractivity contribution in [3.05, 3.63) is 52.0 Å². The van der Waals surface area contributed by atoms with Gasteiger partial charge in [0.25, 0.3) is 6.23 Å². The van der Waals surface area contributed by atoms with Crippen molar-refractivity contribution in [2.75, 3.05) is 49.1 Å². The number of anilines is 2. The molecular formula is C33H43Cl2N3O6. The Morgan fingerprint density at radius 2 is 1.70 bits per heavy atom. The number of unbranched alkanes of at least 4 members (excludes halogenated alkanes) is 5. The van der Waals surface area contributed by atoms with Crippen LogP contribution < -0.4 is 14.5 Å². The van der Waals surface area contributed by atoms with Crippen LogP contribution in [0.15, 0.2) is 36.4 Å². The maximum absolute atomic E-state index is 12.9. The number of hydrogen-bond acceptors (Lipinski definition) is 7. The summed E-state index contributed by atoms with van der Waals surface area (Å²) < 4.78 is 11.3. The van der Waals surface area contributed by atoms with Gasteiger partial charge in [0, 0.05) is 45.1 Å². The van der Waals surface area contributed by atoms with Gasteiger partial charge < -0.3 is 19.5 Å². The third-order valence-corrected chi connectivity index (χ3v) is 8.96. The van der Waals surface area contributed by atoms with E-state index in [1.165, 1.54) is 0 Å². The fourth-order valence-corrected chi connectivity index (χ4v) is 6.08. The van der Waals surface area contributed by atoms with E-state index in [0.29, 0.717) is 40.9 Å². The molecule has 240 valence electrons. The summed E-state index contributed by atoms with van der Waals surface area (Å²) in [4.78, 5) is 43.4. The topological polar surface area (TPSA) is 99.6 Å². The summed E-state index contributed by atoms with van der Waals surface area (Å²) in [5, 5.41) is 11.1. The molecular weight excluding hydrogens is 605 g/mol. The van der Waals surface area contributed by atoms with Crippen molar-refractivity contribution in [1.29, 1.82) is 0 Å². The van der Waals surface area contributed by atoms with Crippen molar-refractivity contribution in [3.8, 4) is 5.75 Å². The number of carbonyl (C=O) groups excluding carboxylic acids is 2. The molecule has 1 unspecified atom stereocenters. The maximum atomic E-state index is 12.9. The number of aryl methyl sites for hydroxylation is 1. The lowest BCUT2D eigenvalue weighted by Gasteiger charge is -2.36. The molecule has 2 aromatic rings. The summed E-state index contributed by atoms with van der Waals surface area (Å²) in [5.74, 6) is -1.85. The summed E-state index contributed by atoms with van der Waals surface area (Å²) in [6.07, 6.45) is 5.55. The van der Waals surface area contributed by atoms with E-state index < -0.39 is 24.1 Å². The first-order valence-electron chi connectivity index (χ1n) is 15.7. The number of esters is 1. The van der Waals surface area contributed by atoms with Gasteiger partial charge in [0.1, 0.15) is 5.75 Å². The molecule has 2 heterocycles. The Morgan fingerprint density at radius 3 is 2.45 bits per heavy atom. The summed E-state index contributed by atoms with van der Waals surface area (Å²) in [6, 6.07) is 11.1. The molecule has 1 fully saturated rings. The van der Waals surface area contributed by atoms with E-state index in [2.05, 4.69) is 16.7 Å². The van der Waals surface area contributed by atoms with Crippen molar-refractivity contribution in [1.82, 2.24) is 4.90 Å². The van der Waals surface area contributed by atoms with E-state index in [1.54, 1.807) is 12.1 Å². The monoisotopic (exact) mass is 647 g/mol. The Hall–Kier alpha value is -3.01. The van der Waals surface area contributed by atoms with Crippen LogP contribution in [-0.4, -0.2) is 73.4 Å². The number of nitrogens with zero attached hydrogens (tertiary/aromatic N) is 3. The fourth-order valence-electron chi connectivity index (χ4n) is 5.67. The van der Waals surface area contributed by atoms with Gasteiger partial charge in [0.15, 0.2) is 0 Å². The quantitative estimate of drug-likeness (QED) is 0.161. The van der Waals surface area contributed by atoms with Gasteiger partial charge in [-0.05, 0) is 56.0 Å². The number of carboxylic acids is 1. The highest BCUT2D eigenvalue weighted by Crippen LogP contribution is 2.34. The predicted octanol–water partition coefficient (Wildman–Crippen LogP) is 6.57. The number of fused-ring (bicyclic) bond motifs is 1. The van der Waals surface area contributed by atoms with Gasteiger partial charge >= 0.3 is 11.9 Å². The molecule has 0 saturated carbocycles. The van der Waals surface area contributed by atoms with Crippen LogP contribution in [0.25, 0.3) is 0 Å². The molecule has 1 saturated heterocycles. The molecule has 0 bridgehead atoms. The molecule has 44 heavy (non-hydrogen) atoms. The van der Waals surface area contributed by atoms with E-state index in [0.717, 1.165) is 87.4 Å². The van der Waals surface area contributed by atoms with Gasteiger partial charge in [-0.3, -0.25) is 19.4 Å². The lowest BCUT2D eigenvalue weighted by molar-refractivity contribution is -0.165. The van der Waals surface area contributed by atoms with Crippen molar-refractivity contribution in [2.45, 2.75) is 77.4 Å². The van der Waals surface area contributed by atoms with Crippen LogP contribution in [0.3, 0.4) is 0 Å². The van der Waals surface area contributed by atoms with Crippen LogP contribution in [0, 0.1) is 0 Å². The zero-order chi connectivity index (χ0) is 31.5. The summed E-state index contributed by atoms with van der Waals surface area (Å²) >= 11 is 12.6. The lowest BCUT2D eigenvalue weighted by atomic mass is 10.0. The highest BCUT2D eigenvalue weighted by molar-refractivity contribution is 6.43. The molecule has 2 aliphatic heterocycles. The van der Waals surface area contributed by atoms with Gasteiger partial charge in [0.2, 0.25) is 5.91 Å². The number of rotatable bonds is 16. The van der Waals surface area contributed by atoms with E-state index in [9.17, 15) is 19.5 Å². The zero-order valence-electron chi connectivity index (χ0n) is 25.4. The Balaban J connectivity index is 1.25. The number of ether oxygens (including phenoxy) is 2. The summed E-state index contributed by atoms with van der Waals surface area (Å²) in [5.41, 5.74) is 2.21. The normalized spacial score (nSPS) is 16.0. The van der Waals surface area contributed by atoms with Crippen molar-refractivity contribution < 1.29 is 29.0 Å². The number of benzene rings is 2. The standard InChI is InChI=1S/C33H43Cl2N3O6/c1-2-3-4-5-6-12-30(40)44-32(33(41)42)38-28-23-25(15-13-24(28)14-16-29(38)39)43-22-8-7-17-36-18-20-37(21-19-36)27-11-9-10-26(34)31(27)35/h9-11,13,15,23,32H,2-8,12,14,16-22H2,1H3,(H,41,42). The van der Waals surface area contributed by atoms with Crippen LogP contribution in [0.1, 0.15) is 70.3 Å². The smallest absolute Gasteiger partial charge is 0.367 e. The molecule has 4 rings (SSSR count). The molecule has 9 nitrogen and oxygen atoms in total. The van der Waals surface area contributed by atoms with Crippen LogP contribution in [-0.2, 0) is 25.5 Å². The molecule has 2 aromatic carbocycles. The molecule has 2 aliphatic rings. The fraction of sp³-hybridized carbons (Fsp3) is 0.545. The van der Waals surface area contributed by atoms with Crippen molar-refractivity contribution >= 4 is 52.4 Å². The van der Waals surface area contributed by atoms with Crippen LogP contribution in [0.5, 0.6) is 5.75 Å². The number of aliphatic carboxylic acids is 1. The molecule has 0 spiro atoms. The molecule has 0 radical (unpaired) electrons. The lowest BCUT2D eigenvalue weighted by Crippen LogP contribution is -2.50. The molecule has 1 amide bonds. The largest absolute Gasteiger partial charge is 0.494 e. The maximum Gasteiger partial charge on any atom is 0.367 e. The zero-order valence-corrected chi connectivity index (χ0v) is 27.0. The third kappa shape index (κ3) is 9.25. The first-order chi connectivity index (χ1) is 21.3. The number of hydrogen-bond donors (Lipinski definition) is 1. The second-order valence-corrected chi connectivity index (χ2v) is 12.1. The average molecular weight is 649 g/mol. The van der Waals surface area contributed by atoms with Gasteiger partial charge in [-0.2, -0.15) is 0 Å². The minimum Gasteiger partial charge on any atom is -0.494 e. The first-order valence-corrected chi connectivity index (χ1v) is 16.5. The first kappa shape index (κ1) is 33.9. The average Bonchev–Trinajstić information content (AvgIpc) is 3.01. The van der Waals surface area contributed by atoms with Crippen LogP contribution >= 0.6 is 23.2 Å². The molecule has 0 aliphatic carbocycles. The third-order valence-electron chi connectivity index (χ3n) is 8.15. The van der Waals surface area contributed by atoms with Gasteiger partial charge in [-0.15, -0.1) is 0 Å². The molecule has 1 atom stereocenters. The highest BCUT2D eigenvalue weighted by atomic mass is 35.5. The van der Waals surface area contributed by atoms with E-state index in [4.69, 9.17) is 32.7 Å².